The summed E-state index contributed by atoms with van der Waals surface area (Å²) >= 11 is 0. The Labute approximate surface area is 233 Å². The number of rotatable bonds is 7. The molecule has 2 aromatic carbocycles. The van der Waals surface area contributed by atoms with Gasteiger partial charge in [0.2, 0.25) is 11.8 Å². The molecule has 5 rings (SSSR count). The van der Waals surface area contributed by atoms with Crippen molar-refractivity contribution < 1.29 is 18.7 Å². The summed E-state index contributed by atoms with van der Waals surface area (Å²) in [6.07, 6.45) is 1.94. The minimum Gasteiger partial charge on any atom is -0.461 e. The fourth-order valence-electron chi connectivity index (χ4n) is 6.17. The van der Waals surface area contributed by atoms with Crippen LogP contribution in [0.25, 0.3) is 0 Å². The number of nitrogens with two attached hydrogens (primary N) is 1. The third-order valence-corrected chi connectivity index (χ3v) is 8.15. The highest BCUT2D eigenvalue weighted by Gasteiger charge is 2.51. The predicted octanol–water partition coefficient (Wildman–Crippen LogP) is 5.24. The minimum atomic E-state index is -1.04. The number of piperidine rings is 1. The van der Waals surface area contributed by atoms with Crippen LogP contribution in [-0.4, -0.2) is 29.3 Å². The SMILES string of the molecule is Cc1[nH]nc2c1[C@](c1cc(F)cc(N3CCC(CC(=O)OCc4ccccc4)CC3)c1)(C(C)C)C(C#N)=C(N)O2. The number of aromatic amines is 1. The number of nitrogens with zero attached hydrogens (tertiary/aromatic N) is 3. The number of hydrogen-bond donors (Lipinski definition) is 2. The van der Waals surface area contributed by atoms with Crippen molar-refractivity contribution in [2.45, 2.75) is 52.1 Å². The zero-order chi connectivity index (χ0) is 28.4. The Morgan fingerprint density at radius 3 is 2.67 bits per heavy atom. The second-order valence-electron chi connectivity index (χ2n) is 10.9. The lowest BCUT2D eigenvalue weighted by Gasteiger charge is -2.41. The molecule has 3 aromatic rings. The van der Waals surface area contributed by atoms with Crippen LogP contribution in [0.3, 0.4) is 0 Å². The molecule has 0 bridgehead atoms. The number of nitrogens with one attached hydrogen (secondary N) is 1. The number of fused-ring (bicyclic) bond motifs is 1. The van der Waals surface area contributed by atoms with Gasteiger partial charge >= 0.3 is 5.97 Å². The number of carbonyl (C=O) groups excluding carboxylic acids is 1. The summed E-state index contributed by atoms with van der Waals surface area (Å²) in [5.41, 5.74) is 9.17. The average Bonchev–Trinajstić information content (AvgIpc) is 3.31. The molecular formula is C31H34FN5O3. The molecule has 2 aliphatic rings. The highest BCUT2D eigenvalue weighted by Crippen LogP contribution is 2.53. The summed E-state index contributed by atoms with van der Waals surface area (Å²) < 4.78 is 26.5. The van der Waals surface area contributed by atoms with Gasteiger partial charge in [0.1, 0.15) is 24.1 Å². The van der Waals surface area contributed by atoms with Crippen LogP contribution in [0.15, 0.2) is 60.0 Å². The van der Waals surface area contributed by atoms with Gasteiger partial charge < -0.3 is 20.1 Å². The first-order chi connectivity index (χ1) is 19.2. The lowest BCUT2D eigenvalue weighted by Crippen LogP contribution is -2.42. The van der Waals surface area contributed by atoms with E-state index in [2.05, 4.69) is 21.2 Å². The Morgan fingerprint density at radius 2 is 2.00 bits per heavy atom. The molecule has 1 atom stereocenters. The summed E-state index contributed by atoms with van der Waals surface area (Å²) in [7, 11) is 0. The van der Waals surface area contributed by atoms with Gasteiger partial charge in [-0.25, -0.2) is 4.39 Å². The van der Waals surface area contributed by atoms with Gasteiger partial charge in [0.25, 0.3) is 0 Å². The van der Waals surface area contributed by atoms with Gasteiger partial charge in [0.05, 0.1) is 11.0 Å². The molecule has 0 unspecified atom stereocenters. The molecule has 1 fully saturated rings. The summed E-state index contributed by atoms with van der Waals surface area (Å²) in [5, 5.41) is 17.4. The van der Waals surface area contributed by atoms with E-state index in [0.717, 1.165) is 29.8 Å². The lowest BCUT2D eigenvalue weighted by atomic mass is 9.62. The maximum atomic E-state index is 15.3. The standard InChI is InChI=1S/C31H34FN5O3/c1-19(2)31(26(17-33)29(34)40-30-28(31)20(3)35-36-30)23-14-24(32)16-25(15-23)37-11-9-21(10-12-37)13-27(38)39-18-22-7-5-4-6-8-22/h4-8,14-16,19,21H,9-13,18,34H2,1-3H3,(H,35,36)/t31-/m0/s1. The van der Waals surface area contributed by atoms with Crippen molar-refractivity contribution in [1.82, 2.24) is 10.2 Å². The van der Waals surface area contributed by atoms with Crippen molar-refractivity contribution in [3.05, 3.63) is 88.2 Å². The molecule has 40 heavy (non-hydrogen) atoms. The van der Waals surface area contributed by atoms with Gasteiger partial charge in [-0.05, 0) is 60.9 Å². The number of halogens is 1. The molecule has 9 heteroatoms. The summed E-state index contributed by atoms with van der Waals surface area (Å²) in [4.78, 5) is 14.6. The van der Waals surface area contributed by atoms with Gasteiger partial charge in [-0.2, -0.15) is 5.26 Å². The maximum absolute atomic E-state index is 15.3. The first-order valence-corrected chi connectivity index (χ1v) is 13.6. The number of esters is 1. The monoisotopic (exact) mass is 543 g/mol. The number of aromatic nitrogens is 2. The second kappa shape index (κ2) is 11.0. The van der Waals surface area contributed by atoms with Crippen LogP contribution in [0.5, 0.6) is 5.88 Å². The van der Waals surface area contributed by atoms with E-state index in [1.54, 1.807) is 0 Å². The van der Waals surface area contributed by atoms with E-state index in [1.807, 2.05) is 57.2 Å². The Balaban J connectivity index is 1.36. The molecule has 3 heterocycles. The van der Waals surface area contributed by atoms with Gasteiger partial charge in [-0.3, -0.25) is 9.89 Å². The van der Waals surface area contributed by atoms with Crippen molar-refractivity contribution in [3.8, 4) is 11.9 Å². The molecule has 208 valence electrons. The predicted molar refractivity (Wildman–Crippen MR) is 149 cm³/mol. The topological polar surface area (TPSA) is 117 Å². The Kier molecular flexibility index (Phi) is 7.53. The number of benzene rings is 2. The molecule has 0 radical (unpaired) electrons. The molecule has 2 aliphatic heterocycles. The van der Waals surface area contributed by atoms with E-state index < -0.39 is 11.2 Å². The second-order valence-corrected chi connectivity index (χ2v) is 10.9. The lowest BCUT2D eigenvalue weighted by molar-refractivity contribution is -0.146. The molecule has 0 aliphatic carbocycles. The molecule has 1 aromatic heterocycles. The molecule has 0 saturated carbocycles. The van der Waals surface area contributed by atoms with Crippen LogP contribution in [-0.2, 0) is 21.6 Å². The fraction of sp³-hybridized carbons (Fsp3) is 0.387. The normalized spacial score (nSPS) is 19.2. The first-order valence-electron chi connectivity index (χ1n) is 13.6. The summed E-state index contributed by atoms with van der Waals surface area (Å²) in [6.45, 7) is 7.46. The molecular weight excluding hydrogens is 509 g/mol. The zero-order valence-corrected chi connectivity index (χ0v) is 23.0. The Bertz CT molecular complexity index is 1470. The highest BCUT2D eigenvalue weighted by atomic mass is 19.1. The minimum absolute atomic E-state index is 0.0269. The molecule has 8 nitrogen and oxygen atoms in total. The number of hydrogen-bond acceptors (Lipinski definition) is 7. The average molecular weight is 544 g/mol. The van der Waals surface area contributed by atoms with Crippen LogP contribution in [0.2, 0.25) is 0 Å². The number of nitriles is 1. The molecule has 0 amide bonds. The number of aryl methyl sites for hydroxylation is 1. The molecule has 1 saturated heterocycles. The van der Waals surface area contributed by atoms with Crippen LogP contribution in [0, 0.1) is 35.9 Å². The van der Waals surface area contributed by atoms with Crippen LogP contribution in [0.1, 0.15) is 55.5 Å². The summed E-state index contributed by atoms with van der Waals surface area (Å²) in [6, 6.07) is 16.8. The Hall–Kier alpha value is -4.32. The number of H-pyrrole nitrogens is 1. The maximum Gasteiger partial charge on any atom is 0.306 e. The van der Waals surface area contributed by atoms with Gasteiger partial charge in [0.15, 0.2) is 0 Å². The van der Waals surface area contributed by atoms with Crippen LogP contribution in [0.4, 0.5) is 10.1 Å². The number of ether oxygens (including phenoxy) is 2. The molecule has 0 spiro atoms. The van der Waals surface area contributed by atoms with Crippen molar-refractivity contribution in [3.63, 3.8) is 0 Å². The first kappa shape index (κ1) is 27.3. The Morgan fingerprint density at radius 1 is 1.27 bits per heavy atom. The van der Waals surface area contributed by atoms with E-state index in [1.165, 1.54) is 12.1 Å². The van der Waals surface area contributed by atoms with Crippen molar-refractivity contribution in [2.24, 2.45) is 17.6 Å². The van der Waals surface area contributed by atoms with E-state index in [4.69, 9.17) is 15.2 Å². The van der Waals surface area contributed by atoms with E-state index in [-0.39, 0.29) is 35.9 Å². The smallest absolute Gasteiger partial charge is 0.306 e. The number of anilines is 1. The number of allylic oxidation sites excluding steroid dienone is 1. The van der Waals surface area contributed by atoms with Crippen LogP contribution >= 0.6 is 0 Å². The van der Waals surface area contributed by atoms with Crippen molar-refractivity contribution in [2.75, 3.05) is 18.0 Å². The van der Waals surface area contributed by atoms with Crippen molar-refractivity contribution >= 4 is 11.7 Å². The van der Waals surface area contributed by atoms with Gasteiger partial charge in [-0.15, -0.1) is 5.10 Å². The molecule has 3 N–H and O–H groups in total. The third-order valence-electron chi connectivity index (χ3n) is 8.15. The largest absolute Gasteiger partial charge is 0.461 e. The third kappa shape index (κ3) is 4.90. The van der Waals surface area contributed by atoms with Gasteiger partial charge in [-0.1, -0.05) is 44.2 Å². The van der Waals surface area contributed by atoms with Gasteiger partial charge in [0, 0.05) is 30.9 Å². The van der Waals surface area contributed by atoms with E-state index in [0.29, 0.717) is 36.5 Å². The quantitative estimate of drug-likeness (QED) is 0.392. The van der Waals surface area contributed by atoms with E-state index in [9.17, 15) is 10.1 Å². The zero-order valence-electron chi connectivity index (χ0n) is 23.0. The summed E-state index contributed by atoms with van der Waals surface area (Å²) in [5.74, 6) is -0.289. The van der Waals surface area contributed by atoms with Crippen molar-refractivity contribution in [1.29, 1.82) is 5.26 Å². The van der Waals surface area contributed by atoms with E-state index >= 15 is 4.39 Å². The van der Waals surface area contributed by atoms with Crippen LogP contribution < -0.4 is 15.4 Å². The fourth-order valence-corrected chi connectivity index (χ4v) is 6.17. The highest BCUT2D eigenvalue weighted by molar-refractivity contribution is 5.70. The number of carbonyl (C=O) groups is 1.